The van der Waals surface area contributed by atoms with Crippen LogP contribution < -0.4 is 5.43 Å². The van der Waals surface area contributed by atoms with Gasteiger partial charge in [-0.25, -0.2) is 9.97 Å². The third kappa shape index (κ3) is 3.64. The summed E-state index contributed by atoms with van der Waals surface area (Å²) in [5.74, 6) is 0.732. The number of hydrogen-bond acceptors (Lipinski definition) is 6. The van der Waals surface area contributed by atoms with Crippen molar-refractivity contribution in [1.82, 2.24) is 9.97 Å². The number of nitrogens with zero attached hydrogens (tertiary/aromatic N) is 3. The number of nitrogens with one attached hydrogen (secondary N) is 1. The van der Waals surface area contributed by atoms with Gasteiger partial charge in [-0.05, 0) is 11.6 Å². The Morgan fingerprint density at radius 3 is 2.76 bits per heavy atom. The third-order valence-corrected chi connectivity index (χ3v) is 4.30. The van der Waals surface area contributed by atoms with Crippen LogP contribution in [-0.2, 0) is 0 Å². The van der Waals surface area contributed by atoms with Gasteiger partial charge >= 0.3 is 0 Å². The minimum Gasteiger partial charge on any atom is -0.444 e. The monoisotopic (exact) mass is 346 g/mol. The van der Waals surface area contributed by atoms with Crippen molar-refractivity contribution in [2.75, 3.05) is 5.43 Å². The van der Waals surface area contributed by atoms with E-state index in [-0.39, 0.29) is 0 Å². The summed E-state index contributed by atoms with van der Waals surface area (Å²) in [6.45, 7) is 0. The third-order valence-electron chi connectivity index (χ3n) is 3.55. The number of hydrazone groups is 1. The molecule has 0 saturated heterocycles. The fourth-order valence-corrected chi connectivity index (χ4v) is 3.03. The maximum Gasteiger partial charge on any atom is 0.203 e. The molecule has 0 amide bonds. The van der Waals surface area contributed by atoms with Crippen molar-refractivity contribution in [2.24, 2.45) is 5.10 Å². The van der Waals surface area contributed by atoms with Crippen molar-refractivity contribution >= 4 is 22.7 Å². The molecule has 1 N–H and O–H groups in total. The first-order chi connectivity index (χ1) is 12.4. The standard InChI is InChI=1S/C19H14N4OS/c1-2-6-15(7-3-1)17-12-25-19(22-17)23-21-10-14-5-4-8-16(9-14)18-11-20-13-24-18/h1-13H,(H,22,23). The van der Waals surface area contributed by atoms with Crippen molar-refractivity contribution < 1.29 is 4.42 Å². The first kappa shape index (κ1) is 15.3. The smallest absolute Gasteiger partial charge is 0.203 e. The largest absolute Gasteiger partial charge is 0.444 e. The van der Waals surface area contributed by atoms with Crippen molar-refractivity contribution in [3.8, 4) is 22.6 Å². The van der Waals surface area contributed by atoms with E-state index in [1.807, 2.05) is 60.0 Å². The van der Waals surface area contributed by atoms with Crippen LogP contribution in [0, 0.1) is 0 Å². The highest BCUT2D eigenvalue weighted by molar-refractivity contribution is 7.14. The van der Waals surface area contributed by atoms with E-state index >= 15 is 0 Å². The molecule has 2 aromatic carbocycles. The average molecular weight is 346 g/mol. The molecule has 0 unspecified atom stereocenters. The van der Waals surface area contributed by atoms with Gasteiger partial charge in [-0.15, -0.1) is 11.3 Å². The second kappa shape index (κ2) is 7.11. The molecule has 0 aliphatic carbocycles. The molecule has 5 nitrogen and oxygen atoms in total. The lowest BCUT2D eigenvalue weighted by molar-refractivity contribution is 0.572. The topological polar surface area (TPSA) is 63.3 Å². The van der Waals surface area contributed by atoms with E-state index in [9.17, 15) is 0 Å². The maximum absolute atomic E-state index is 5.31. The number of oxazole rings is 1. The molecule has 4 aromatic rings. The number of aromatic nitrogens is 2. The summed E-state index contributed by atoms with van der Waals surface area (Å²) < 4.78 is 5.31. The second-order valence-electron chi connectivity index (χ2n) is 5.27. The van der Waals surface area contributed by atoms with Crippen molar-refractivity contribution in [1.29, 1.82) is 0 Å². The Hall–Kier alpha value is -3.25. The zero-order valence-corrected chi connectivity index (χ0v) is 14.0. The molecule has 0 radical (unpaired) electrons. The second-order valence-corrected chi connectivity index (χ2v) is 6.12. The predicted octanol–water partition coefficient (Wildman–Crippen LogP) is 4.91. The van der Waals surface area contributed by atoms with Crippen LogP contribution in [0.4, 0.5) is 5.13 Å². The first-order valence-electron chi connectivity index (χ1n) is 7.67. The van der Waals surface area contributed by atoms with Gasteiger partial charge in [-0.1, -0.05) is 48.5 Å². The van der Waals surface area contributed by atoms with Crippen molar-refractivity contribution in [3.05, 3.63) is 78.1 Å². The molecule has 0 spiro atoms. The van der Waals surface area contributed by atoms with E-state index in [1.54, 1.807) is 12.4 Å². The predicted molar refractivity (Wildman–Crippen MR) is 101 cm³/mol. The number of benzene rings is 2. The van der Waals surface area contributed by atoms with Gasteiger partial charge in [-0.3, -0.25) is 5.43 Å². The molecule has 0 aliphatic rings. The zero-order chi connectivity index (χ0) is 16.9. The van der Waals surface area contributed by atoms with Crippen LogP contribution >= 0.6 is 11.3 Å². The van der Waals surface area contributed by atoms with Gasteiger partial charge in [0.2, 0.25) is 5.13 Å². The molecule has 4 rings (SSSR count). The van der Waals surface area contributed by atoms with Crippen LogP contribution in [-0.4, -0.2) is 16.2 Å². The van der Waals surface area contributed by atoms with E-state index in [0.717, 1.165) is 33.3 Å². The van der Waals surface area contributed by atoms with Gasteiger partial charge in [-0.2, -0.15) is 5.10 Å². The van der Waals surface area contributed by atoms with Crippen molar-refractivity contribution in [2.45, 2.75) is 0 Å². The number of thiazole rings is 1. The molecular weight excluding hydrogens is 332 g/mol. The van der Waals surface area contributed by atoms with Gasteiger partial charge in [0, 0.05) is 16.5 Å². The van der Waals surface area contributed by atoms with Crippen LogP contribution in [0.25, 0.3) is 22.6 Å². The van der Waals surface area contributed by atoms with Crippen LogP contribution in [0.15, 0.2) is 82.1 Å². The SMILES string of the molecule is C(=NNc1nc(-c2ccccc2)cs1)c1cccc(-c2cnco2)c1. The van der Waals surface area contributed by atoms with E-state index in [2.05, 4.69) is 20.5 Å². The lowest BCUT2D eigenvalue weighted by Gasteiger charge is -1.98. The Balaban J connectivity index is 1.45. The van der Waals surface area contributed by atoms with Gasteiger partial charge < -0.3 is 4.42 Å². The highest BCUT2D eigenvalue weighted by atomic mass is 32.1. The first-order valence-corrected chi connectivity index (χ1v) is 8.55. The molecular formula is C19H14N4OS. The summed E-state index contributed by atoms with van der Waals surface area (Å²) in [4.78, 5) is 8.48. The number of rotatable bonds is 5. The quantitative estimate of drug-likeness (QED) is 0.412. The zero-order valence-electron chi connectivity index (χ0n) is 13.2. The number of anilines is 1. The molecule has 0 aliphatic heterocycles. The molecule has 0 atom stereocenters. The fraction of sp³-hybridized carbons (Fsp3) is 0. The normalized spacial score (nSPS) is 11.0. The Bertz CT molecular complexity index is 978. The van der Waals surface area contributed by atoms with Crippen molar-refractivity contribution in [3.63, 3.8) is 0 Å². The summed E-state index contributed by atoms with van der Waals surface area (Å²) in [6, 6.07) is 18.0. The Kier molecular flexibility index (Phi) is 4.35. The highest BCUT2D eigenvalue weighted by Gasteiger charge is 2.03. The van der Waals surface area contributed by atoms with E-state index in [0.29, 0.717) is 0 Å². The van der Waals surface area contributed by atoms with Crippen LogP contribution in [0.5, 0.6) is 0 Å². The van der Waals surface area contributed by atoms with Crippen LogP contribution in [0.3, 0.4) is 0 Å². The maximum atomic E-state index is 5.31. The van der Waals surface area contributed by atoms with Gasteiger partial charge in [0.05, 0.1) is 18.1 Å². The molecule has 0 saturated carbocycles. The van der Waals surface area contributed by atoms with Crippen LogP contribution in [0.1, 0.15) is 5.56 Å². The van der Waals surface area contributed by atoms with E-state index < -0.39 is 0 Å². The summed E-state index contributed by atoms with van der Waals surface area (Å²) in [5.41, 5.74) is 6.93. The molecule has 25 heavy (non-hydrogen) atoms. The minimum atomic E-state index is 0.732. The highest BCUT2D eigenvalue weighted by Crippen LogP contribution is 2.24. The Labute approximate surface area is 148 Å². The summed E-state index contributed by atoms with van der Waals surface area (Å²) in [6.07, 6.45) is 4.86. The summed E-state index contributed by atoms with van der Waals surface area (Å²) in [7, 11) is 0. The average Bonchev–Trinajstić information content (AvgIpc) is 3.35. The van der Waals surface area contributed by atoms with Gasteiger partial charge in [0.1, 0.15) is 0 Å². The van der Waals surface area contributed by atoms with E-state index in [1.165, 1.54) is 17.7 Å². The van der Waals surface area contributed by atoms with Gasteiger partial charge in [0.25, 0.3) is 0 Å². The summed E-state index contributed by atoms with van der Waals surface area (Å²) in [5, 5.41) is 7.03. The summed E-state index contributed by atoms with van der Waals surface area (Å²) >= 11 is 1.52. The minimum absolute atomic E-state index is 0.732. The molecule has 0 fully saturated rings. The fourth-order valence-electron chi connectivity index (χ4n) is 2.36. The van der Waals surface area contributed by atoms with E-state index in [4.69, 9.17) is 4.42 Å². The lowest BCUT2D eigenvalue weighted by Crippen LogP contribution is -1.90. The molecule has 122 valence electrons. The van der Waals surface area contributed by atoms with Crippen LogP contribution in [0.2, 0.25) is 0 Å². The Morgan fingerprint density at radius 1 is 1.04 bits per heavy atom. The number of hydrogen-bond donors (Lipinski definition) is 1. The molecule has 6 heteroatoms. The lowest BCUT2D eigenvalue weighted by atomic mass is 10.1. The molecule has 0 bridgehead atoms. The molecule has 2 heterocycles. The molecule has 2 aromatic heterocycles. The Morgan fingerprint density at radius 2 is 1.92 bits per heavy atom. The van der Waals surface area contributed by atoms with Gasteiger partial charge in [0.15, 0.2) is 12.2 Å².